The molecule has 0 saturated heterocycles. The summed E-state index contributed by atoms with van der Waals surface area (Å²) >= 11 is 0. The number of sulfone groups is 1. The van der Waals surface area contributed by atoms with Crippen LogP contribution in [-0.4, -0.2) is 54.4 Å². The first-order valence-corrected chi connectivity index (χ1v) is 12.0. The number of nitrogens with zero attached hydrogens (tertiary/aromatic N) is 1. The summed E-state index contributed by atoms with van der Waals surface area (Å²) in [5.74, 6) is -0.199. The van der Waals surface area contributed by atoms with Crippen LogP contribution in [-0.2, 0) is 9.84 Å². The van der Waals surface area contributed by atoms with Gasteiger partial charge < -0.3 is 24.8 Å². The number of hydrogen-bond donors (Lipinski definition) is 3. The van der Waals surface area contributed by atoms with E-state index in [2.05, 4.69) is 10.5 Å². The number of amides is 1. The van der Waals surface area contributed by atoms with Crippen molar-refractivity contribution in [2.75, 3.05) is 19.9 Å². The van der Waals surface area contributed by atoms with E-state index >= 15 is 0 Å². The number of ether oxygens (including phenoxy) is 1. The number of aromatic nitrogens is 1. The van der Waals surface area contributed by atoms with Gasteiger partial charge in [-0.3, -0.25) is 4.79 Å². The molecule has 0 aliphatic carbocycles. The number of carbonyl (C=O) groups excluding carboxylic acids is 1. The van der Waals surface area contributed by atoms with Crippen molar-refractivity contribution in [2.24, 2.45) is 0 Å². The lowest BCUT2D eigenvalue weighted by Crippen LogP contribution is -2.47. The molecule has 1 aromatic heterocycles. The Morgan fingerprint density at radius 3 is 2.55 bits per heavy atom. The fourth-order valence-corrected chi connectivity index (χ4v) is 4.12. The Balaban J connectivity index is 1.78. The van der Waals surface area contributed by atoms with Gasteiger partial charge in [0.05, 0.1) is 17.4 Å². The number of phenolic OH excluding ortho intramolecular Hbond substituents is 1. The molecule has 0 fully saturated rings. The summed E-state index contributed by atoms with van der Waals surface area (Å²) in [5.41, 5.74) is 1.10. The van der Waals surface area contributed by atoms with Gasteiger partial charge in [0.25, 0.3) is 5.91 Å². The van der Waals surface area contributed by atoms with Crippen LogP contribution in [0.15, 0.2) is 59.1 Å². The molecule has 3 aromatic rings. The lowest BCUT2D eigenvalue weighted by atomic mass is 10.00. The van der Waals surface area contributed by atoms with Crippen LogP contribution in [0.1, 0.15) is 35.6 Å². The van der Waals surface area contributed by atoms with Crippen molar-refractivity contribution in [2.45, 2.75) is 24.2 Å². The van der Waals surface area contributed by atoms with Crippen LogP contribution in [0.2, 0.25) is 0 Å². The first-order chi connectivity index (χ1) is 15.6. The van der Waals surface area contributed by atoms with Crippen LogP contribution >= 0.6 is 0 Å². The van der Waals surface area contributed by atoms with E-state index in [0.717, 1.165) is 6.26 Å². The number of benzene rings is 2. The molecule has 2 unspecified atom stereocenters. The normalized spacial score (nSPS) is 14.3. The van der Waals surface area contributed by atoms with Crippen LogP contribution < -0.4 is 10.1 Å². The minimum absolute atomic E-state index is 0.0191. The fraction of sp³-hybridized carbons (Fsp3) is 0.304. The topological polar surface area (TPSA) is 139 Å². The molecular weight excluding hydrogens is 448 g/mol. The van der Waals surface area contributed by atoms with Gasteiger partial charge in [-0.2, -0.15) is 0 Å². The maximum absolute atomic E-state index is 12.6. The standard InChI is InChI=1S/C23H26N2O7S/c1-23(33(3,29)30,14-24-22(28)16-9-4-6-10-18(16)26)13-19(27)21-12-17(25-32-21)15-8-5-7-11-20(15)31-2/h4-12,19,26-27H,13-14H2,1-3H3,(H,24,28). The maximum Gasteiger partial charge on any atom is 0.255 e. The quantitative estimate of drug-likeness (QED) is 0.430. The zero-order valence-electron chi connectivity index (χ0n) is 18.5. The molecule has 33 heavy (non-hydrogen) atoms. The van der Waals surface area contributed by atoms with Gasteiger partial charge in [0, 0.05) is 30.9 Å². The van der Waals surface area contributed by atoms with Crippen molar-refractivity contribution >= 4 is 15.7 Å². The Kier molecular flexibility index (Phi) is 7.09. The second kappa shape index (κ2) is 9.63. The van der Waals surface area contributed by atoms with E-state index in [1.165, 1.54) is 32.2 Å². The lowest BCUT2D eigenvalue weighted by Gasteiger charge is -2.29. The summed E-state index contributed by atoms with van der Waals surface area (Å²) in [5, 5.41) is 27.1. The largest absolute Gasteiger partial charge is 0.507 e. The average Bonchev–Trinajstić information content (AvgIpc) is 3.27. The second-order valence-corrected chi connectivity index (χ2v) is 10.5. The highest BCUT2D eigenvalue weighted by molar-refractivity contribution is 7.92. The van der Waals surface area contributed by atoms with Gasteiger partial charge in [-0.15, -0.1) is 0 Å². The third-order valence-electron chi connectivity index (χ3n) is 5.53. The number of hydrogen-bond acceptors (Lipinski definition) is 8. The third-order valence-corrected chi connectivity index (χ3v) is 7.63. The van der Waals surface area contributed by atoms with E-state index < -0.39 is 26.6 Å². The minimum atomic E-state index is -3.73. The van der Waals surface area contributed by atoms with Crippen LogP contribution in [0.4, 0.5) is 0 Å². The zero-order chi connectivity index (χ0) is 24.2. The lowest BCUT2D eigenvalue weighted by molar-refractivity contribution is 0.0928. The summed E-state index contributed by atoms with van der Waals surface area (Å²) in [6.45, 7) is 1.14. The first-order valence-electron chi connectivity index (χ1n) is 10.1. The molecule has 2 aromatic carbocycles. The molecule has 3 rings (SSSR count). The van der Waals surface area contributed by atoms with Crippen molar-refractivity contribution in [3.63, 3.8) is 0 Å². The van der Waals surface area contributed by atoms with Crippen molar-refractivity contribution in [3.8, 4) is 22.8 Å². The predicted octanol–water partition coefficient (Wildman–Crippen LogP) is 2.71. The van der Waals surface area contributed by atoms with Gasteiger partial charge in [0.1, 0.15) is 23.3 Å². The molecule has 0 aliphatic heterocycles. The average molecular weight is 475 g/mol. The zero-order valence-corrected chi connectivity index (χ0v) is 19.3. The van der Waals surface area contributed by atoms with Gasteiger partial charge in [-0.25, -0.2) is 8.42 Å². The highest BCUT2D eigenvalue weighted by atomic mass is 32.2. The number of carbonyl (C=O) groups is 1. The maximum atomic E-state index is 12.6. The van der Waals surface area contributed by atoms with E-state index in [-0.39, 0.29) is 30.0 Å². The fourth-order valence-electron chi connectivity index (χ4n) is 3.32. The molecule has 0 saturated carbocycles. The number of aromatic hydroxyl groups is 1. The van der Waals surface area contributed by atoms with Crippen molar-refractivity contribution in [1.29, 1.82) is 0 Å². The van der Waals surface area contributed by atoms with Crippen molar-refractivity contribution < 1.29 is 32.7 Å². The Morgan fingerprint density at radius 1 is 1.21 bits per heavy atom. The van der Waals surface area contributed by atoms with E-state index in [4.69, 9.17) is 9.26 Å². The molecule has 3 N–H and O–H groups in total. The molecule has 0 spiro atoms. The van der Waals surface area contributed by atoms with Crippen LogP contribution in [0, 0.1) is 0 Å². The van der Waals surface area contributed by atoms with Gasteiger partial charge in [0.2, 0.25) is 0 Å². The summed E-state index contributed by atoms with van der Waals surface area (Å²) in [6.07, 6.45) is -0.525. The Hall–Kier alpha value is -3.37. The molecule has 10 heteroatoms. The summed E-state index contributed by atoms with van der Waals surface area (Å²) in [7, 11) is -2.21. The SMILES string of the molecule is COc1ccccc1-c1cc(C(O)CC(C)(CNC(=O)c2ccccc2O)S(C)(=O)=O)on1. The number of methoxy groups -OCH3 is 1. The van der Waals surface area contributed by atoms with Crippen molar-refractivity contribution in [3.05, 3.63) is 65.9 Å². The highest BCUT2D eigenvalue weighted by Crippen LogP contribution is 2.34. The molecule has 0 aliphatic rings. The van der Waals surface area contributed by atoms with E-state index in [1.807, 2.05) is 0 Å². The van der Waals surface area contributed by atoms with Crippen LogP contribution in [0.25, 0.3) is 11.3 Å². The molecule has 0 radical (unpaired) electrons. The number of para-hydroxylation sites is 2. The summed E-state index contributed by atoms with van der Waals surface area (Å²) < 4.78 is 34.2. The molecular formula is C23H26N2O7S. The molecule has 0 bridgehead atoms. The van der Waals surface area contributed by atoms with Gasteiger partial charge in [-0.1, -0.05) is 29.4 Å². The first kappa shape index (κ1) is 24.3. The minimum Gasteiger partial charge on any atom is -0.507 e. The monoisotopic (exact) mass is 474 g/mol. The van der Waals surface area contributed by atoms with Crippen molar-refractivity contribution in [1.82, 2.24) is 10.5 Å². The Labute approximate surface area is 191 Å². The molecule has 9 nitrogen and oxygen atoms in total. The van der Waals surface area contributed by atoms with Gasteiger partial charge >= 0.3 is 0 Å². The smallest absolute Gasteiger partial charge is 0.255 e. The predicted molar refractivity (Wildman–Crippen MR) is 122 cm³/mol. The Morgan fingerprint density at radius 2 is 1.88 bits per heavy atom. The molecule has 2 atom stereocenters. The number of rotatable bonds is 9. The number of aliphatic hydroxyl groups is 1. The summed E-state index contributed by atoms with van der Waals surface area (Å²) in [4.78, 5) is 12.4. The summed E-state index contributed by atoms with van der Waals surface area (Å²) in [6, 6.07) is 14.6. The Bertz CT molecular complexity index is 1240. The second-order valence-electron chi connectivity index (χ2n) is 7.96. The third kappa shape index (κ3) is 5.35. The van der Waals surface area contributed by atoms with Crippen LogP contribution in [0.5, 0.6) is 11.5 Å². The molecule has 176 valence electrons. The van der Waals surface area contributed by atoms with Gasteiger partial charge in [-0.05, 0) is 31.2 Å². The van der Waals surface area contributed by atoms with Crippen LogP contribution in [0.3, 0.4) is 0 Å². The van der Waals surface area contributed by atoms with E-state index in [0.29, 0.717) is 17.0 Å². The number of aliphatic hydroxyl groups excluding tert-OH is 1. The number of nitrogens with one attached hydrogen (secondary N) is 1. The molecule has 1 heterocycles. The number of phenols is 1. The highest BCUT2D eigenvalue weighted by Gasteiger charge is 2.39. The molecule has 1 amide bonds. The van der Waals surface area contributed by atoms with E-state index in [1.54, 1.807) is 36.4 Å². The van der Waals surface area contributed by atoms with Gasteiger partial charge in [0.15, 0.2) is 15.6 Å². The van der Waals surface area contributed by atoms with E-state index in [9.17, 15) is 23.4 Å².